The van der Waals surface area contributed by atoms with E-state index in [1.54, 1.807) is 6.20 Å². The quantitative estimate of drug-likeness (QED) is 0.777. The molecule has 1 saturated carbocycles. The van der Waals surface area contributed by atoms with Crippen LogP contribution in [0.25, 0.3) is 0 Å². The highest BCUT2D eigenvalue weighted by atomic mass is 16.1. The van der Waals surface area contributed by atoms with Gasteiger partial charge in [-0.1, -0.05) is 30.3 Å². The standard InChI is InChI=1S/C17H22N4O/c22-17(11-18-8-14-6-7-14)19-9-16-10-20-21(13-16)12-15-4-2-1-3-5-15/h1-5,10,13-14,18H,6-9,11-12H2,(H,19,22). The lowest BCUT2D eigenvalue weighted by molar-refractivity contribution is -0.120. The van der Waals surface area contributed by atoms with E-state index in [2.05, 4.69) is 27.9 Å². The zero-order valence-corrected chi connectivity index (χ0v) is 12.7. The fourth-order valence-corrected chi connectivity index (χ4v) is 2.33. The molecule has 1 heterocycles. The molecule has 0 unspecified atom stereocenters. The Morgan fingerprint density at radius 2 is 2.05 bits per heavy atom. The molecule has 1 aliphatic rings. The van der Waals surface area contributed by atoms with Crippen LogP contribution in [0.2, 0.25) is 0 Å². The molecule has 2 aromatic rings. The minimum atomic E-state index is 0.0384. The van der Waals surface area contributed by atoms with Crippen LogP contribution in [0.5, 0.6) is 0 Å². The van der Waals surface area contributed by atoms with Crippen molar-refractivity contribution in [2.45, 2.75) is 25.9 Å². The first kappa shape index (κ1) is 14.8. The highest BCUT2D eigenvalue weighted by Crippen LogP contribution is 2.27. The van der Waals surface area contributed by atoms with Gasteiger partial charge in [0.1, 0.15) is 0 Å². The van der Waals surface area contributed by atoms with Crippen LogP contribution in [-0.4, -0.2) is 28.8 Å². The van der Waals surface area contributed by atoms with Crippen molar-refractivity contribution in [2.75, 3.05) is 13.1 Å². The van der Waals surface area contributed by atoms with Crippen LogP contribution in [0.1, 0.15) is 24.0 Å². The highest BCUT2D eigenvalue weighted by molar-refractivity contribution is 5.77. The summed E-state index contributed by atoms with van der Waals surface area (Å²) < 4.78 is 1.89. The average molecular weight is 298 g/mol. The third-order valence-corrected chi connectivity index (χ3v) is 3.78. The van der Waals surface area contributed by atoms with Crippen molar-refractivity contribution in [1.82, 2.24) is 20.4 Å². The summed E-state index contributed by atoms with van der Waals surface area (Å²) in [5.74, 6) is 0.834. The number of aromatic nitrogens is 2. The molecule has 3 rings (SSSR count). The van der Waals surface area contributed by atoms with E-state index in [1.165, 1.54) is 18.4 Å². The molecule has 5 heteroatoms. The smallest absolute Gasteiger partial charge is 0.234 e. The minimum Gasteiger partial charge on any atom is -0.351 e. The maximum absolute atomic E-state index is 11.7. The number of rotatable bonds is 8. The van der Waals surface area contributed by atoms with Gasteiger partial charge in [-0.25, -0.2) is 0 Å². The third kappa shape index (κ3) is 4.70. The van der Waals surface area contributed by atoms with Crippen molar-refractivity contribution in [2.24, 2.45) is 5.92 Å². The molecule has 1 aromatic carbocycles. The maximum Gasteiger partial charge on any atom is 0.234 e. The lowest BCUT2D eigenvalue weighted by Crippen LogP contribution is -2.34. The van der Waals surface area contributed by atoms with Crippen molar-refractivity contribution >= 4 is 5.91 Å². The predicted octanol–water partition coefficient (Wildman–Crippen LogP) is 1.55. The highest BCUT2D eigenvalue weighted by Gasteiger charge is 2.20. The van der Waals surface area contributed by atoms with Gasteiger partial charge >= 0.3 is 0 Å². The topological polar surface area (TPSA) is 59.0 Å². The molecule has 116 valence electrons. The van der Waals surface area contributed by atoms with Crippen LogP contribution >= 0.6 is 0 Å². The molecule has 22 heavy (non-hydrogen) atoms. The molecule has 0 radical (unpaired) electrons. The summed E-state index contributed by atoms with van der Waals surface area (Å²) in [4.78, 5) is 11.7. The van der Waals surface area contributed by atoms with Crippen molar-refractivity contribution in [3.63, 3.8) is 0 Å². The number of nitrogens with zero attached hydrogens (tertiary/aromatic N) is 2. The van der Waals surface area contributed by atoms with Crippen molar-refractivity contribution in [1.29, 1.82) is 0 Å². The molecular formula is C17H22N4O. The molecule has 0 bridgehead atoms. The first-order valence-electron chi connectivity index (χ1n) is 7.82. The summed E-state index contributed by atoms with van der Waals surface area (Å²) in [7, 11) is 0. The van der Waals surface area contributed by atoms with Gasteiger partial charge in [0.15, 0.2) is 0 Å². The number of carbonyl (C=O) groups is 1. The van der Waals surface area contributed by atoms with Crippen molar-refractivity contribution < 1.29 is 4.79 Å². The van der Waals surface area contributed by atoms with Crippen molar-refractivity contribution in [3.05, 3.63) is 53.9 Å². The van der Waals surface area contributed by atoms with Gasteiger partial charge in [0.25, 0.3) is 0 Å². The van der Waals surface area contributed by atoms with E-state index in [9.17, 15) is 4.79 Å². The Morgan fingerprint density at radius 1 is 1.23 bits per heavy atom. The summed E-state index contributed by atoms with van der Waals surface area (Å²) in [6.45, 7) is 2.63. The van der Waals surface area contributed by atoms with E-state index >= 15 is 0 Å². The average Bonchev–Trinajstić information content (AvgIpc) is 3.25. The number of benzene rings is 1. The molecule has 0 saturated heterocycles. The van der Waals surface area contributed by atoms with Gasteiger partial charge in [0.05, 0.1) is 19.3 Å². The molecule has 2 N–H and O–H groups in total. The zero-order valence-electron chi connectivity index (χ0n) is 12.7. The van der Waals surface area contributed by atoms with Gasteiger partial charge in [-0.15, -0.1) is 0 Å². The van der Waals surface area contributed by atoms with E-state index < -0.39 is 0 Å². The van der Waals surface area contributed by atoms with Crippen molar-refractivity contribution in [3.8, 4) is 0 Å². The van der Waals surface area contributed by atoms with E-state index in [1.807, 2.05) is 29.1 Å². The predicted molar refractivity (Wildman–Crippen MR) is 85.2 cm³/mol. The van der Waals surface area contributed by atoms with Crippen LogP contribution in [-0.2, 0) is 17.9 Å². The summed E-state index contributed by atoms with van der Waals surface area (Å²) in [6.07, 6.45) is 6.39. The molecule has 0 aliphatic heterocycles. The summed E-state index contributed by atoms with van der Waals surface area (Å²) in [6, 6.07) is 10.2. The summed E-state index contributed by atoms with van der Waals surface area (Å²) >= 11 is 0. The zero-order chi connectivity index (χ0) is 15.2. The number of hydrogen-bond acceptors (Lipinski definition) is 3. The molecule has 0 atom stereocenters. The number of hydrogen-bond donors (Lipinski definition) is 2. The maximum atomic E-state index is 11.7. The number of amides is 1. The second-order valence-corrected chi connectivity index (χ2v) is 5.88. The molecular weight excluding hydrogens is 276 g/mol. The van der Waals surface area contributed by atoms with Gasteiger partial charge < -0.3 is 10.6 Å². The Hall–Kier alpha value is -2.14. The molecule has 1 amide bonds. The third-order valence-electron chi connectivity index (χ3n) is 3.78. The fraction of sp³-hybridized carbons (Fsp3) is 0.412. The second kappa shape index (κ2) is 7.22. The first-order valence-corrected chi connectivity index (χ1v) is 7.82. The first-order chi connectivity index (χ1) is 10.8. The SMILES string of the molecule is O=C(CNCC1CC1)NCc1cnn(Cc2ccccc2)c1. The van der Waals surface area contributed by atoms with Crippen LogP contribution in [0.4, 0.5) is 0 Å². The van der Waals surface area contributed by atoms with Gasteiger partial charge in [0, 0.05) is 18.3 Å². The molecule has 1 aliphatic carbocycles. The molecule has 1 fully saturated rings. The van der Waals surface area contributed by atoms with Crippen LogP contribution in [0.15, 0.2) is 42.7 Å². The van der Waals surface area contributed by atoms with Gasteiger partial charge in [0.2, 0.25) is 5.91 Å². The minimum absolute atomic E-state index is 0.0384. The van der Waals surface area contributed by atoms with E-state index in [4.69, 9.17) is 0 Å². The van der Waals surface area contributed by atoms with Crippen LogP contribution in [0.3, 0.4) is 0 Å². The van der Waals surface area contributed by atoms with Gasteiger partial charge in [-0.2, -0.15) is 5.10 Å². The summed E-state index contributed by atoms with van der Waals surface area (Å²) in [5, 5.41) is 10.4. The van der Waals surface area contributed by atoms with E-state index in [0.717, 1.165) is 24.6 Å². The second-order valence-electron chi connectivity index (χ2n) is 5.88. The monoisotopic (exact) mass is 298 g/mol. The Kier molecular flexibility index (Phi) is 4.85. The number of nitrogens with one attached hydrogen (secondary N) is 2. The molecule has 1 aromatic heterocycles. The largest absolute Gasteiger partial charge is 0.351 e. The van der Waals surface area contributed by atoms with Crippen LogP contribution in [0, 0.1) is 5.92 Å². The van der Waals surface area contributed by atoms with E-state index in [-0.39, 0.29) is 5.91 Å². The van der Waals surface area contributed by atoms with E-state index in [0.29, 0.717) is 13.1 Å². The molecule has 0 spiro atoms. The summed E-state index contributed by atoms with van der Waals surface area (Å²) in [5.41, 5.74) is 2.23. The lowest BCUT2D eigenvalue weighted by Gasteiger charge is -2.05. The Balaban J connectivity index is 1.40. The normalized spacial score (nSPS) is 14.0. The number of carbonyl (C=O) groups excluding carboxylic acids is 1. The molecule has 5 nitrogen and oxygen atoms in total. The van der Waals surface area contributed by atoms with Gasteiger partial charge in [-0.05, 0) is 30.9 Å². The van der Waals surface area contributed by atoms with Crippen LogP contribution < -0.4 is 10.6 Å². The fourth-order valence-electron chi connectivity index (χ4n) is 2.33. The Bertz CT molecular complexity index is 604. The lowest BCUT2D eigenvalue weighted by atomic mass is 10.2. The Labute approximate surface area is 130 Å². The van der Waals surface area contributed by atoms with Gasteiger partial charge in [-0.3, -0.25) is 9.48 Å². The Morgan fingerprint density at radius 3 is 2.82 bits per heavy atom.